The van der Waals surface area contributed by atoms with Crippen LogP contribution in [-0.2, 0) is 4.79 Å². The molecule has 0 aliphatic heterocycles. The smallest absolute Gasteiger partial charge is 0.344 e. The van der Waals surface area contributed by atoms with Crippen LogP contribution in [0.4, 0.5) is 5.69 Å². The Labute approximate surface area is 148 Å². The fourth-order valence-corrected chi connectivity index (χ4v) is 1.88. The maximum Gasteiger partial charge on any atom is 0.344 e. The SMILES string of the molecule is CC(Oc1ccc(/C=N\NC(=O)c2cccc([N+](=O)[O-])c2)cc1)C(=O)O. The van der Waals surface area contributed by atoms with Gasteiger partial charge in [-0.05, 0) is 42.8 Å². The van der Waals surface area contributed by atoms with Gasteiger partial charge >= 0.3 is 5.97 Å². The monoisotopic (exact) mass is 357 g/mol. The molecule has 0 fully saturated rings. The van der Waals surface area contributed by atoms with Gasteiger partial charge in [0.1, 0.15) is 5.75 Å². The van der Waals surface area contributed by atoms with Crippen molar-refractivity contribution in [3.8, 4) is 5.75 Å². The van der Waals surface area contributed by atoms with Crippen LogP contribution in [0.3, 0.4) is 0 Å². The van der Waals surface area contributed by atoms with Gasteiger partial charge in [-0.1, -0.05) is 6.07 Å². The van der Waals surface area contributed by atoms with Crippen molar-refractivity contribution in [1.29, 1.82) is 0 Å². The first-order chi connectivity index (χ1) is 12.4. The van der Waals surface area contributed by atoms with Crippen LogP contribution in [0, 0.1) is 10.1 Å². The Bertz CT molecular complexity index is 848. The van der Waals surface area contributed by atoms with Crippen LogP contribution in [0.5, 0.6) is 5.75 Å². The normalized spacial score (nSPS) is 11.7. The van der Waals surface area contributed by atoms with E-state index in [2.05, 4.69) is 10.5 Å². The lowest BCUT2D eigenvalue weighted by atomic mass is 10.2. The molecule has 2 rings (SSSR count). The molecule has 0 bridgehead atoms. The molecule has 134 valence electrons. The summed E-state index contributed by atoms with van der Waals surface area (Å²) in [7, 11) is 0. The molecule has 9 nitrogen and oxygen atoms in total. The standard InChI is InChI=1S/C17H15N3O6/c1-11(17(22)23)26-15-7-5-12(6-8-15)10-18-19-16(21)13-3-2-4-14(9-13)20(24)25/h2-11H,1H3,(H,19,21)(H,22,23)/b18-10-. The Kier molecular flexibility index (Phi) is 5.99. The lowest BCUT2D eigenvalue weighted by Crippen LogP contribution is -2.22. The fraction of sp³-hybridized carbons (Fsp3) is 0.118. The number of nitrogens with zero attached hydrogens (tertiary/aromatic N) is 2. The Balaban J connectivity index is 1.95. The van der Waals surface area contributed by atoms with Crippen LogP contribution in [0.15, 0.2) is 53.6 Å². The summed E-state index contributed by atoms with van der Waals surface area (Å²) in [5.74, 6) is -1.27. The van der Waals surface area contributed by atoms with Crippen LogP contribution in [0.1, 0.15) is 22.8 Å². The Morgan fingerprint density at radius 2 is 1.96 bits per heavy atom. The molecule has 0 saturated heterocycles. The van der Waals surface area contributed by atoms with Crippen molar-refractivity contribution in [3.05, 3.63) is 69.8 Å². The summed E-state index contributed by atoms with van der Waals surface area (Å²) in [6.45, 7) is 1.42. The highest BCUT2D eigenvalue weighted by Gasteiger charge is 2.12. The molecule has 2 aromatic rings. The highest BCUT2D eigenvalue weighted by atomic mass is 16.6. The van der Waals surface area contributed by atoms with E-state index < -0.39 is 22.9 Å². The minimum Gasteiger partial charge on any atom is -0.479 e. The number of ether oxygens (including phenoxy) is 1. The van der Waals surface area contributed by atoms with Crippen molar-refractivity contribution < 1.29 is 24.4 Å². The number of benzene rings is 2. The van der Waals surface area contributed by atoms with Crippen molar-refractivity contribution >= 4 is 23.8 Å². The number of amides is 1. The Hall–Kier alpha value is -3.75. The van der Waals surface area contributed by atoms with Gasteiger partial charge in [-0.25, -0.2) is 10.2 Å². The minimum atomic E-state index is -1.07. The quantitative estimate of drug-likeness (QED) is 0.444. The molecule has 0 saturated carbocycles. The molecular weight excluding hydrogens is 342 g/mol. The van der Waals surface area contributed by atoms with Crippen molar-refractivity contribution in [2.45, 2.75) is 13.0 Å². The number of carbonyl (C=O) groups is 2. The molecule has 2 aromatic carbocycles. The Morgan fingerprint density at radius 3 is 2.58 bits per heavy atom. The van der Waals surface area contributed by atoms with E-state index in [4.69, 9.17) is 9.84 Å². The van der Waals surface area contributed by atoms with Gasteiger partial charge < -0.3 is 9.84 Å². The second kappa shape index (κ2) is 8.38. The molecule has 1 atom stereocenters. The number of non-ortho nitro benzene ring substituents is 1. The predicted molar refractivity (Wildman–Crippen MR) is 92.3 cm³/mol. The maximum absolute atomic E-state index is 11.9. The van der Waals surface area contributed by atoms with E-state index in [1.165, 1.54) is 31.3 Å². The average Bonchev–Trinajstić information content (AvgIpc) is 2.63. The first-order valence-corrected chi connectivity index (χ1v) is 7.44. The topological polar surface area (TPSA) is 131 Å². The summed E-state index contributed by atoms with van der Waals surface area (Å²) in [5.41, 5.74) is 2.84. The van der Waals surface area contributed by atoms with Gasteiger partial charge in [-0.3, -0.25) is 14.9 Å². The zero-order valence-corrected chi connectivity index (χ0v) is 13.7. The molecule has 9 heteroatoms. The zero-order valence-electron chi connectivity index (χ0n) is 13.7. The number of hydrazone groups is 1. The molecule has 0 aromatic heterocycles. The summed E-state index contributed by atoms with van der Waals surface area (Å²) in [6.07, 6.45) is 0.406. The lowest BCUT2D eigenvalue weighted by molar-refractivity contribution is -0.384. The zero-order chi connectivity index (χ0) is 19.1. The molecular formula is C17H15N3O6. The second-order valence-corrected chi connectivity index (χ2v) is 5.17. The third-order valence-electron chi connectivity index (χ3n) is 3.24. The maximum atomic E-state index is 11.9. The average molecular weight is 357 g/mol. The van der Waals surface area contributed by atoms with Crippen molar-refractivity contribution in [1.82, 2.24) is 5.43 Å². The summed E-state index contributed by atoms with van der Waals surface area (Å²) in [4.78, 5) is 32.8. The molecule has 0 radical (unpaired) electrons. The van der Waals surface area contributed by atoms with Crippen molar-refractivity contribution in [2.24, 2.45) is 5.10 Å². The number of carboxylic acids is 1. The predicted octanol–water partition coefficient (Wildman–Crippen LogP) is 2.21. The second-order valence-electron chi connectivity index (χ2n) is 5.17. The van der Waals surface area contributed by atoms with Crippen LogP contribution >= 0.6 is 0 Å². The first-order valence-electron chi connectivity index (χ1n) is 7.44. The van der Waals surface area contributed by atoms with Crippen LogP contribution in [0.25, 0.3) is 0 Å². The number of aliphatic carboxylic acids is 1. The summed E-state index contributed by atoms with van der Waals surface area (Å²) >= 11 is 0. The van der Waals surface area contributed by atoms with Gasteiger partial charge in [0.2, 0.25) is 0 Å². The van der Waals surface area contributed by atoms with Crippen LogP contribution in [0.2, 0.25) is 0 Å². The molecule has 0 aliphatic carbocycles. The van der Waals surface area contributed by atoms with E-state index in [0.717, 1.165) is 6.07 Å². The van der Waals surface area contributed by atoms with E-state index in [0.29, 0.717) is 11.3 Å². The number of carbonyl (C=O) groups excluding carboxylic acids is 1. The van der Waals surface area contributed by atoms with Gasteiger partial charge in [0, 0.05) is 17.7 Å². The number of nitro benzene ring substituents is 1. The van der Waals surface area contributed by atoms with Crippen LogP contribution in [-0.4, -0.2) is 34.2 Å². The highest BCUT2D eigenvalue weighted by molar-refractivity contribution is 5.95. The fourth-order valence-electron chi connectivity index (χ4n) is 1.88. The van der Waals surface area contributed by atoms with Crippen molar-refractivity contribution in [2.75, 3.05) is 0 Å². The number of hydrogen-bond acceptors (Lipinski definition) is 6. The summed E-state index contributed by atoms with van der Waals surface area (Å²) in [6, 6.07) is 11.7. The minimum absolute atomic E-state index is 0.114. The van der Waals surface area contributed by atoms with Gasteiger partial charge in [0.05, 0.1) is 11.1 Å². The van der Waals surface area contributed by atoms with Crippen molar-refractivity contribution in [3.63, 3.8) is 0 Å². The third-order valence-corrected chi connectivity index (χ3v) is 3.24. The van der Waals surface area contributed by atoms with E-state index in [-0.39, 0.29) is 11.3 Å². The van der Waals surface area contributed by atoms with E-state index in [1.807, 2.05) is 0 Å². The van der Waals surface area contributed by atoms with Gasteiger partial charge in [0.15, 0.2) is 6.10 Å². The number of hydrogen-bond donors (Lipinski definition) is 2. The summed E-state index contributed by atoms with van der Waals surface area (Å²) < 4.78 is 5.19. The Morgan fingerprint density at radius 1 is 1.27 bits per heavy atom. The van der Waals surface area contributed by atoms with Gasteiger partial charge in [0.25, 0.3) is 11.6 Å². The molecule has 26 heavy (non-hydrogen) atoms. The van der Waals surface area contributed by atoms with E-state index in [9.17, 15) is 19.7 Å². The third kappa shape index (κ3) is 5.13. The first kappa shape index (κ1) is 18.6. The molecule has 2 N–H and O–H groups in total. The van der Waals surface area contributed by atoms with Crippen LogP contribution < -0.4 is 10.2 Å². The summed E-state index contributed by atoms with van der Waals surface area (Å²) in [5, 5.41) is 23.3. The molecule has 0 spiro atoms. The highest BCUT2D eigenvalue weighted by Crippen LogP contribution is 2.14. The number of carboxylic acid groups (broad SMARTS) is 1. The molecule has 1 amide bonds. The molecule has 1 unspecified atom stereocenters. The number of rotatable bonds is 7. The lowest BCUT2D eigenvalue weighted by Gasteiger charge is -2.09. The molecule has 0 aliphatic rings. The molecule has 0 heterocycles. The van der Waals surface area contributed by atoms with Gasteiger partial charge in [-0.15, -0.1) is 0 Å². The largest absolute Gasteiger partial charge is 0.479 e. The number of nitrogens with one attached hydrogen (secondary N) is 1. The van der Waals surface area contributed by atoms with Gasteiger partial charge in [-0.2, -0.15) is 5.10 Å². The number of nitro groups is 1. The van der Waals surface area contributed by atoms with E-state index in [1.54, 1.807) is 24.3 Å². The van der Waals surface area contributed by atoms with E-state index >= 15 is 0 Å².